The molecule has 0 bridgehead atoms. The minimum Gasteiger partial charge on any atom is -0.314 e. The fourth-order valence-corrected chi connectivity index (χ4v) is 1.45. The van der Waals surface area contributed by atoms with Crippen molar-refractivity contribution in [2.75, 3.05) is 27.2 Å². The normalized spacial score (nSPS) is 13.5. The van der Waals surface area contributed by atoms with Crippen molar-refractivity contribution in [3.05, 3.63) is 0 Å². The lowest BCUT2D eigenvalue weighted by Gasteiger charge is -2.16. The van der Waals surface area contributed by atoms with Gasteiger partial charge in [-0.25, -0.2) is 0 Å². The summed E-state index contributed by atoms with van der Waals surface area (Å²) in [6.07, 6.45) is 6.68. The third kappa shape index (κ3) is 10.0. The molecule has 0 amide bonds. The Kier molecular flexibility index (Phi) is 9.42. The van der Waals surface area contributed by atoms with E-state index in [0.717, 1.165) is 0 Å². The summed E-state index contributed by atoms with van der Waals surface area (Å²) in [7, 11) is 4.27. The summed E-state index contributed by atoms with van der Waals surface area (Å²) in [5.74, 6) is 0. The second-order valence-electron chi connectivity index (χ2n) is 4.51. The monoisotopic (exact) mass is 200 g/mol. The highest BCUT2D eigenvalue weighted by Gasteiger charge is 2.00. The van der Waals surface area contributed by atoms with Gasteiger partial charge in [0.2, 0.25) is 0 Å². The van der Waals surface area contributed by atoms with Gasteiger partial charge < -0.3 is 10.2 Å². The predicted octanol–water partition coefficient (Wildman–Crippen LogP) is 2.50. The van der Waals surface area contributed by atoms with Crippen molar-refractivity contribution in [3.63, 3.8) is 0 Å². The molecule has 2 heteroatoms. The summed E-state index contributed by atoms with van der Waals surface area (Å²) in [5, 5.41) is 3.57. The van der Waals surface area contributed by atoms with Crippen molar-refractivity contribution in [1.82, 2.24) is 10.2 Å². The Morgan fingerprint density at radius 1 is 1.14 bits per heavy atom. The van der Waals surface area contributed by atoms with Gasteiger partial charge in [0.05, 0.1) is 0 Å². The molecular weight excluding hydrogens is 172 g/mol. The number of nitrogens with zero attached hydrogens (tertiary/aromatic N) is 1. The molecule has 0 aliphatic rings. The van der Waals surface area contributed by atoms with E-state index in [1.54, 1.807) is 0 Å². The molecule has 0 fully saturated rings. The number of hydrogen-bond donors (Lipinski definition) is 1. The van der Waals surface area contributed by atoms with Gasteiger partial charge in [-0.15, -0.1) is 0 Å². The maximum absolute atomic E-state index is 3.57. The van der Waals surface area contributed by atoms with E-state index in [0.29, 0.717) is 6.04 Å². The van der Waals surface area contributed by atoms with Gasteiger partial charge in [0.25, 0.3) is 0 Å². The highest BCUT2D eigenvalue weighted by atomic mass is 15.1. The van der Waals surface area contributed by atoms with Crippen LogP contribution in [0.2, 0.25) is 0 Å². The first kappa shape index (κ1) is 13.9. The first-order valence-corrected chi connectivity index (χ1v) is 6.05. The SMILES string of the molecule is CCCCCCNC(C)CCN(C)C. The van der Waals surface area contributed by atoms with Crippen LogP contribution in [0, 0.1) is 0 Å². The van der Waals surface area contributed by atoms with Crippen molar-refractivity contribution < 1.29 is 0 Å². The van der Waals surface area contributed by atoms with E-state index in [1.807, 2.05) is 0 Å². The Bertz CT molecular complexity index is 113. The van der Waals surface area contributed by atoms with Crippen molar-refractivity contribution in [1.29, 1.82) is 0 Å². The first-order valence-electron chi connectivity index (χ1n) is 6.05. The molecule has 0 aliphatic carbocycles. The van der Waals surface area contributed by atoms with Crippen LogP contribution in [0.25, 0.3) is 0 Å². The lowest BCUT2D eigenvalue weighted by molar-refractivity contribution is 0.365. The maximum Gasteiger partial charge on any atom is 0.00508 e. The fourth-order valence-electron chi connectivity index (χ4n) is 1.45. The van der Waals surface area contributed by atoms with E-state index in [1.165, 1.54) is 45.2 Å². The van der Waals surface area contributed by atoms with Gasteiger partial charge in [0.15, 0.2) is 0 Å². The third-order valence-electron chi connectivity index (χ3n) is 2.53. The molecule has 0 heterocycles. The minimum absolute atomic E-state index is 0.666. The molecule has 1 N–H and O–H groups in total. The summed E-state index contributed by atoms with van der Waals surface area (Å²) in [6.45, 7) is 6.91. The quantitative estimate of drug-likeness (QED) is 0.575. The van der Waals surface area contributed by atoms with Crippen LogP contribution < -0.4 is 5.32 Å². The molecule has 0 aromatic rings. The molecule has 86 valence electrons. The van der Waals surface area contributed by atoms with E-state index in [4.69, 9.17) is 0 Å². The van der Waals surface area contributed by atoms with E-state index < -0.39 is 0 Å². The van der Waals surface area contributed by atoms with Gasteiger partial charge in [-0.1, -0.05) is 26.2 Å². The van der Waals surface area contributed by atoms with E-state index >= 15 is 0 Å². The van der Waals surface area contributed by atoms with Crippen LogP contribution >= 0.6 is 0 Å². The molecule has 0 radical (unpaired) electrons. The Balaban J connectivity index is 3.14. The molecule has 0 aromatic heterocycles. The lowest BCUT2D eigenvalue weighted by Crippen LogP contribution is -2.30. The van der Waals surface area contributed by atoms with Crippen molar-refractivity contribution in [2.45, 2.75) is 52.0 Å². The summed E-state index contributed by atoms with van der Waals surface area (Å²) in [6, 6.07) is 0.666. The van der Waals surface area contributed by atoms with Gasteiger partial charge in [0, 0.05) is 6.04 Å². The zero-order valence-electron chi connectivity index (χ0n) is 10.5. The highest BCUT2D eigenvalue weighted by molar-refractivity contribution is 4.61. The lowest BCUT2D eigenvalue weighted by atomic mass is 10.2. The number of unbranched alkanes of at least 4 members (excludes halogenated alkanes) is 3. The average Bonchev–Trinajstić information content (AvgIpc) is 2.14. The first-order chi connectivity index (χ1) is 6.66. The molecule has 0 rings (SSSR count). The highest BCUT2D eigenvalue weighted by Crippen LogP contribution is 1.98. The molecule has 14 heavy (non-hydrogen) atoms. The molecular formula is C12H28N2. The summed E-state index contributed by atoms with van der Waals surface area (Å²) in [4.78, 5) is 2.25. The molecule has 1 unspecified atom stereocenters. The zero-order valence-corrected chi connectivity index (χ0v) is 10.5. The molecule has 0 aromatic carbocycles. The Morgan fingerprint density at radius 3 is 2.43 bits per heavy atom. The molecule has 0 aliphatic heterocycles. The largest absolute Gasteiger partial charge is 0.314 e. The van der Waals surface area contributed by atoms with E-state index in [2.05, 4.69) is 38.2 Å². The van der Waals surface area contributed by atoms with Gasteiger partial charge in [-0.05, 0) is 47.0 Å². The molecule has 0 saturated heterocycles. The van der Waals surface area contributed by atoms with Gasteiger partial charge in [0.1, 0.15) is 0 Å². The summed E-state index contributed by atoms with van der Waals surface area (Å²) < 4.78 is 0. The molecule has 0 spiro atoms. The maximum atomic E-state index is 3.57. The van der Waals surface area contributed by atoms with Crippen LogP contribution in [-0.2, 0) is 0 Å². The smallest absolute Gasteiger partial charge is 0.00508 e. The predicted molar refractivity (Wildman–Crippen MR) is 64.8 cm³/mol. The minimum atomic E-state index is 0.666. The van der Waals surface area contributed by atoms with Gasteiger partial charge in [-0.3, -0.25) is 0 Å². The zero-order chi connectivity index (χ0) is 10.8. The van der Waals surface area contributed by atoms with Crippen LogP contribution in [-0.4, -0.2) is 38.1 Å². The third-order valence-corrected chi connectivity index (χ3v) is 2.53. The number of hydrogen-bond acceptors (Lipinski definition) is 2. The Labute approximate surface area is 90.1 Å². The second kappa shape index (κ2) is 9.47. The topological polar surface area (TPSA) is 15.3 Å². The molecule has 1 atom stereocenters. The van der Waals surface area contributed by atoms with Crippen LogP contribution in [0.5, 0.6) is 0 Å². The number of nitrogens with one attached hydrogen (secondary N) is 1. The van der Waals surface area contributed by atoms with Crippen LogP contribution in [0.4, 0.5) is 0 Å². The standard InChI is InChI=1S/C12H28N2/c1-5-6-7-8-10-13-12(2)9-11-14(3)4/h12-13H,5-11H2,1-4H3. The van der Waals surface area contributed by atoms with Crippen molar-refractivity contribution >= 4 is 0 Å². The molecule has 0 saturated carbocycles. The van der Waals surface area contributed by atoms with E-state index in [9.17, 15) is 0 Å². The van der Waals surface area contributed by atoms with E-state index in [-0.39, 0.29) is 0 Å². The Morgan fingerprint density at radius 2 is 1.86 bits per heavy atom. The Hall–Kier alpha value is -0.0800. The van der Waals surface area contributed by atoms with Crippen molar-refractivity contribution in [2.24, 2.45) is 0 Å². The summed E-state index contributed by atoms with van der Waals surface area (Å²) >= 11 is 0. The second-order valence-corrected chi connectivity index (χ2v) is 4.51. The van der Waals surface area contributed by atoms with Gasteiger partial charge >= 0.3 is 0 Å². The number of rotatable bonds is 9. The van der Waals surface area contributed by atoms with Gasteiger partial charge in [-0.2, -0.15) is 0 Å². The van der Waals surface area contributed by atoms with Crippen LogP contribution in [0.1, 0.15) is 46.0 Å². The fraction of sp³-hybridized carbons (Fsp3) is 1.00. The van der Waals surface area contributed by atoms with Crippen LogP contribution in [0.3, 0.4) is 0 Å². The van der Waals surface area contributed by atoms with Crippen LogP contribution in [0.15, 0.2) is 0 Å². The average molecular weight is 200 g/mol. The van der Waals surface area contributed by atoms with Crippen molar-refractivity contribution in [3.8, 4) is 0 Å². The summed E-state index contributed by atoms with van der Waals surface area (Å²) in [5.41, 5.74) is 0. The molecule has 2 nitrogen and oxygen atoms in total.